The third-order valence-corrected chi connectivity index (χ3v) is 4.21. The first-order valence-corrected chi connectivity index (χ1v) is 7.10. The molecule has 110 valence electrons. The maximum absolute atomic E-state index is 11.4. The van der Waals surface area contributed by atoms with Crippen molar-refractivity contribution >= 4 is 22.3 Å². The van der Waals surface area contributed by atoms with Gasteiger partial charge in [-0.05, 0) is 31.9 Å². The Bertz CT molecular complexity index is 688. The number of nitrogens with zero attached hydrogens (tertiary/aromatic N) is 3. The Morgan fingerprint density at radius 2 is 2.24 bits per heavy atom. The standard InChI is InChI=1S/C15H18N4O2/c1-10-6-11(7-16)9-18(10)15-12-4-2-3-5-13(12)17-8-14(15)19(20)21/h2-5,8,10-11H,6-7,9,16H2,1H3. The molecule has 1 aromatic carbocycles. The van der Waals surface area contributed by atoms with Crippen molar-refractivity contribution in [3.63, 3.8) is 0 Å². The lowest BCUT2D eigenvalue weighted by atomic mass is 10.1. The van der Waals surface area contributed by atoms with Gasteiger partial charge >= 0.3 is 5.69 Å². The highest BCUT2D eigenvalue weighted by atomic mass is 16.6. The van der Waals surface area contributed by atoms with Gasteiger partial charge in [0.05, 0.1) is 10.4 Å². The molecule has 0 amide bonds. The van der Waals surface area contributed by atoms with Gasteiger partial charge < -0.3 is 10.6 Å². The zero-order chi connectivity index (χ0) is 15.0. The smallest absolute Gasteiger partial charge is 0.311 e. The largest absolute Gasteiger partial charge is 0.362 e. The molecule has 0 saturated carbocycles. The molecule has 0 radical (unpaired) electrons. The highest BCUT2D eigenvalue weighted by Gasteiger charge is 2.33. The second kappa shape index (κ2) is 5.29. The van der Waals surface area contributed by atoms with E-state index in [1.807, 2.05) is 24.3 Å². The van der Waals surface area contributed by atoms with Gasteiger partial charge in [-0.15, -0.1) is 0 Å². The molecule has 0 spiro atoms. The summed E-state index contributed by atoms with van der Waals surface area (Å²) in [5.41, 5.74) is 7.30. The summed E-state index contributed by atoms with van der Waals surface area (Å²) in [6, 6.07) is 7.79. The molecule has 6 heteroatoms. The number of fused-ring (bicyclic) bond motifs is 1. The summed E-state index contributed by atoms with van der Waals surface area (Å²) in [7, 11) is 0. The highest BCUT2D eigenvalue weighted by molar-refractivity contribution is 5.96. The summed E-state index contributed by atoms with van der Waals surface area (Å²) in [5.74, 6) is 0.381. The Morgan fingerprint density at radius 3 is 2.90 bits per heavy atom. The number of para-hydroxylation sites is 1. The number of hydrogen-bond acceptors (Lipinski definition) is 5. The molecule has 2 heterocycles. The topological polar surface area (TPSA) is 85.3 Å². The Morgan fingerprint density at radius 1 is 1.48 bits per heavy atom. The molecule has 1 saturated heterocycles. The van der Waals surface area contributed by atoms with E-state index in [0.717, 1.165) is 23.9 Å². The molecule has 3 rings (SSSR count). The fraction of sp³-hybridized carbons (Fsp3) is 0.400. The van der Waals surface area contributed by atoms with E-state index in [2.05, 4.69) is 16.8 Å². The summed E-state index contributed by atoms with van der Waals surface area (Å²) in [4.78, 5) is 17.4. The van der Waals surface area contributed by atoms with Gasteiger partial charge in [-0.25, -0.2) is 4.98 Å². The van der Waals surface area contributed by atoms with Crippen LogP contribution in [0.1, 0.15) is 13.3 Å². The molecular weight excluding hydrogens is 268 g/mol. The predicted molar refractivity (Wildman–Crippen MR) is 82.4 cm³/mol. The van der Waals surface area contributed by atoms with Gasteiger partial charge in [0.15, 0.2) is 0 Å². The van der Waals surface area contributed by atoms with E-state index in [4.69, 9.17) is 5.73 Å². The van der Waals surface area contributed by atoms with E-state index in [1.54, 1.807) is 0 Å². The maximum Gasteiger partial charge on any atom is 0.311 e. The zero-order valence-electron chi connectivity index (χ0n) is 11.9. The minimum Gasteiger partial charge on any atom is -0.362 e. The normalized spacial score (nSPS) is 21.9. The molecule has 0 aliphatic carbocycles. The maximum atomic E-state index is 11.4. The number of nitrogens with two attached hydrogens (primary N) is 1. The first kappa shape index (κ1) is 13.8. The van der Waals surface area contributed by atoms with Crippen molar-refractivity contribution in [2.24, 2.45) is 11.7 Å². The fourth-order valence-electron chi connectivity index (χ4n) is 3.18. The van der Waals surface area contributed by atoms with Crippen LogP contribution in [-0.4, -0.2) is 29.0 Å². The quantitative estimate of drug-likeness (QED) is 0.691. The number of rotatable bonds is 3. The van der Waals surface area contributed by atoms with Crippen molar-refractivity contribution in [2.45, 2.75) is 19.4 Å². The molecule has 2 atom stereocenters. The second-order valence-corrected chi connectivity index (χ2v) is 5.61. The minimum atomic E-state index is -0.350. The van der Waals surface area contributed by atoms with Crippen LogP contribution >= 0.6 is 0 Å². The average Bonchev–Trinajstić information content (AvgIpc) is 2.86. The summed E-state index contributed by atoms with van der Waals surface area (Å²) in [6.45, 7) is 3.46. The predicted octanol–water partition coefficient (Wildman–Crippen LogP) is 2.32. The Hall–Kier alpha value is -2.21. The molecule has 1 fully saturated rings. The van der Waals surface area contributed by atoms with Crippen LogP contribution in [0.3, 0.4) is 0 Å². The van der Waals surface area contributed by atoms with Gasteiger partial charge in [0.1, 0.15) is 11.9 Å². The van der Waals surface area contributed by atoms with Crippen LogP contribution in [0.5, 0.6) is 0 Å². The van der Waals surface area contributed by atoms with Crippen LogP contribution in [0, 0.1) is 16.0 Å². The first-order chi connectivity index (χ1) is 10.1. The number of nitro groups is 1. The number of hydrogen-bond donors (Lipinski definition) is 1. The summed E-state index contributed by atoms with van der Waals surface area (Å²) >= 11 is 0. The third-order valence-electron chi connectivity index (χ3n) is 4.21. The van der Waals surface area contributed by atoms with Crippen molar-refractivity contribution in [1.29, 1.82) is 0 Å². The molecule has 2 unspecified atom stereocenters. The number of anilines is 1. The monoisotopic (exact) mass is 286 g/mol. The van der Waals surface area contributed by atoms with Crippen LogP contribution in [0.25, 0.3) is 10.9 Å². The lowest BCUT2D eigenvalue weighted by Crippen LogP contribution is -2.28. The van der Waals surface area contributed by atoms with Crippen LogP contribution in [0.15, 0.2) is 30.5 Å². The van der Waals surface area contributed by atoms with Crippen molar-refractivity contribution in [3.8, 4) is 0 Å². The molecule has 1 aromatic heterocycles. The summed E-state index contributed by atoms with van der Waals surface area (Å²) < 4.78 is 0. The van der Waals surface area contributed by atoms with E-state index in [9.17, 15) is 10.1 Å². The van der Waals surface area contributed by atoms with Gasteiger partial charge in [0.25, 0.3) is 0 Å². The fourth-order valence-corrected chi connectivity index (χ4v) is 3.18. The molecule has 1 aliphatic rings. The minimum absolute atomic E-state index is 0.0678. The lowest BCUT2D eigenvalue weighted by molar-refractivity contribution is -0.384. The van der Waals surface area contributed by atoms with E-state index in [1.165, 1.54) is 6.20 Å². The molecule has 6 nitrogen and oxygen atoms in total. The van der Waals surface area contributed by atoms with E-state index < -0.39 is 0 Å². The van der Waals surface area contributed by atoms with Crippen LogP contribution < -0.4 is 10.6 Å². The van der Waals surface area contributed by atoms with Gasteiger partial charge in [0, 0.05) is 18.0 Å². The third kappa shape index (κ3) is 2.31. The Kier molecular flexibility index (Phi) is 3.47. The number of benzene rings is 1. The van der Waals surface area contributed by atoms with Gasteiger partial charge in [0.2, 0.25) is 0 Å². The van der Waals surface area contributed by atoms with Crippen molar-refractivity contribution in [3.05, 3.63) is 40.6 Å². The van der Waals surface area contributed by atoms with E-state index in [-0.39, 0.29) is 16.7 Å². The molecule has 2 N–H and O–H groups in total. The van der Waals surface area contributed by atoms with Gasteiger partial charge in [-0.3, -0.25) is 10.1 Å². The Balaban J connectivity index is 2.19. The van der Waals surface area contributed by atoms with E-state index >= 15 is 0 Å². The van der Waals surface area contributed by atoms with Crippen LogP contribution in [-0.2, 0) is 0 Å². The first-order valence-electron chi connectivity index (χ1n) is 7.10. The lowest BCUT2D eigenvalue weighted by Gasteiger charge is -2.24. The van der Waals surface area contributed by atoms with Gasteiger partial charge in [-0.2, -0.15) is 0 Å². The second-order valence-electron chi connectivity index (χ2n) is 5.61. The van der Waals surface area contributed by atoms with Gasteiger partial charge in [-0.1, -0.05) is 18.2 Å². The van der Waals surface area contributed by atoms with Crippen molar-refractivity contribution in [2.75, 3.05) is 18.0 Å². The molecule has 1 aliphatic heterocycles. The summed E-state index contributed by atoms with van der Waals surface area (Å²) in [6.07, 6.45) is 2.32. The van der Waals surface area contributed by atoms with Crippen LogP contribution in [0.2, 0.25) is 0 Å². The molecule has 21 heavy (non-hydrogen) atoms. The summed E-state index contributed by atoms with van der Waals surface area (Å²) in [5, 5.41) is 12.2. The van der Waals surface area contributed by atoms with Crippen LogP contribution in [0.4, 0.5) is 11.4 Å². The SMILES string of the molecule is CC1CC(CN)CN1c1c([N+](=O)[O-])cnc2ccccc12. The Labute approximate surface area is 122 Å². The molecule has 2 aromatic rings. The van der Waals surface area contributed by atoms with Crippen molar-refractivity contribution < 1.29 is 4.92 Å². The van der Waals surface area contributed by atoms with E-state index in [0.29, 0.717) is 18.2 Å². The highest BCUT2D eigenvalue weighted by Crippen LogP contribution is 2.39. The molecule has 0 bridgehead atoms. The average molecular weight is 286 g/mol. The number of pyridine rings is 1. The zero-order valence-corrected chi connectivity index (χ0v) is 11.9. The van der Waals surface area contributed by atoms with Crippen molar-refractivity contribution in [1.82, 2.24) is 4.98 Å². The number of aromatic nitrogens is 1. The molecular formula is C15H18N4O2.